The molecule has 0 aromatic carbocycles. The molecule has 0 radical (unpaired) electrons. The molecule has 2 atom stereocenters. The first kappa shape index (κ1) is 13.1. The van der Waals surface area contributed by atoms with Gasteiger partial charge in [-0.1, -0.05) is 0 Å². The van der Waals surface area contributed by atoms with E-state index in [-0.39, 0.29) is 12.2 Å². The van der Waals surface area contributed by atoms with Crippen LogP contribution >= 0.6 is 0 Å². The molecule has 100 valence electrons. The van der Waals surface area contributed by atoms with Crippen LogP contribution in [-0.4, -0.2) is 41.8 Å². The van der Waals surface area contributed by atoms with Crippen molar-refractivity contribution in [1.82, 2.24) is 9.97 Å². The first-order valence-electron chi connectivity index (χ1n) is 6.58. The van der Waals surface area contributed by atoms with E-state index in [1.54, 1.807) is 0 Å². The van der Waals surface area contributed by atoms with Crippen LogP contribution in [0, 0.1) is 6.92 Å². The highest BCUT2D eigenvalue weighted by atomic mass is 16.5. The highest BCUT2D eigenvalue weighted by Crippen LogP contribution is 2.22. The summed E-state index contributed by atoms with van der Waals surface area (Å²) >= 11 is 0. The van der Waals surface area contributed by atoms with Crippen molar-refractivity contribution in [1.29, 1.82) is 0 Å². The van der Waals surface area contributed by atoms with E-state index in [2.05, 4.69) is 41.0 Å². The van der Waals surface area contributed by atoms with Crippen molar-refractivity contribution in [3.05, 3.63) is 11.8 Å². The van der Waals surface area contributed by atoms with Crippen LogP contribution in [0.25, 0.3) is 0 Å². The number of rotatable bonds is 3. The lowest BCUT2D eigenvalue weighted by atomic mass is 10.2. The Morgan fingerprint density at radius 2 is 2.06 bits per heavy atom. The maximum absolute atomic E-state index is 5.75. The van der Waals surface area contributed by atoms with Crippen LogP contribution in [0.3, 0.4) is 0 Å². The molecular formula is C13H22N4O. The molecule has 0 aliphatic carbocycles. The van der Waals surface area contributed by atoms with Crippen LogP contribution in [0.1, 0.15) is 26.3 Å². The second-order valence-electron chi connectivity index (χ2n) is 4.89. The Labute approximate surface area is 109 Å². The summed E-state index contributed by atoms with van der Waals surface area (Å²) < 4.78 is 5.75. The summed E-state index contributed by atoms with van der Waals surface area (Å²) in [6, 6.07) is 0. The van der Waals surface area contributed by atoms with Gasteiger partial charge in [-0.05, 0) is 27.7 Å². The fraction of sp³-hybridized carbons (Fsp3) is 0.692. The standard InChI is InChI=1S/C13H22N4O/c1-5-14-13-15-6-9(2)12(16-13)17-7-10(3)18-11(4)8-17/h6,10-11H,5,7-8H2,1-4H3,(H,14,15,16). The summed E-state index contributed by atoms with van der Waals surface area (Å²) in [7, 11) is 0. The Hall–Kier alpha value is -1.36. The Bertz CT molecular complexity index is 400. The predicted molar refractivity (Wildman–Crippen MR) is 73.2 cm³/mol. The summed E-state index contributed by atoms with van der Waals surface area (Å²) in [6.07, 6.45) is 2.36. The first-order valence-corrected chi connectivity index (χ1v) is 6.58. The van der Waals surface area contributed by atoms with Crippen molar-refractivity contribution < 1.29 is 4.74 Å². The molecule has 2 rings (SSSR count). The molecule has 5 heteroatoms. The van der Waals surface area contributed by atoms with Gasteiger partial charge in [0.1, 0.15) is 5.82 Å². The molecule has 2 heterocycles. The van der Waals surface area contributed by atoms with E-state index >= 15 is 0 Å². The van der Waals surface area contributed by atoms with Gasteiger partial charge in [0.05, 0.1) is 12.2 Å². The molecule has 1 aliphatic rings. The van der Waals surface area contributed by atoms with Gasteiger partial charge in [0.15, 0.2) is 0 Å². The number of aryl methyl sites for hydroxylation is 1. The van der Waals surface area contributed by atoms with Gasteiger partial charge < -0.3 is 15.0 Å². The van der Waals surface area contributed by atoms with Gasteiger partial charge in [-0.3, -0.25) is 0 Å². The molecule has 18 heavy (non-hydrogen) atoms. The van der Waals surface area contributed by atoms with Gasteiger partial charge in [0, 0.05) is 31.4 Å². The minimum absolute atomic E-state index is 0.241. The number of hydrogen-bond acceptors (Lipinski definition) is 5. The van der Waals surface area contributed by atoms with Gasteiger partial charge in [0.25, 0.3) is 0 Å². The second kappa shape index (κ2) is 5.52. The third-order valence-corrected chi connectivity index (χ3v) is 3.00. The topological polar surface area (TPSA) is 50.3 Å². The highest BCUT2D eigenvalue weighted by Gasteiger charge is 2.24. The van der Waals surface area contributed by atoms with Crippen molar-refractivity contribution in [2.45, 2.75) is 39.9 Å². The normalized spacial score (nSPS) is 24.1. The van der Waals surface area contributed by atoms with Crippen molar-refractivity contribution in [2.24, 2.45) is 0 Å². The zero-order valence-corrected chi connectivity index (χ0v) is 11.6. The van der Waals surface area contributed by atoms with Gasteiger partial charge in [-0.2, -0.15) is 4.98 Å². The van der Waals surface area contributed by atoms with E-state index in [9.17, 15) is 0 Å². The largest absolute Gasteiger partial charge is 0.372 e. The molecule has 1 aromatic rings. The number of hydrogen-bond donors (Lipinski definition) is 1. The van der Waals surface area contributed by atoms with Crippen LogP contribution in [0.5, 0.6) is 0 Å². The van der Waals surface area contributed by atoms with E-state index < -0.39 is 0 Å². The first-order chi connectivity index (χ1) is 8.60. The summed E-state index contributed by atoms with van der Waals surface area (Å²) in [6.45, 7) is 10.9. The molecule has 1 fully saturated rings. The Kier molecular flexibility index (Phi) is 4.01. The third kappa shape index (κ3) is 2.90. The maximum atomic E-state index is 5.75. The van der Waals surface area contributed by atoms with Crippen molar-refractivity contribution in [2.75, 3.05) is 29.9 Å². The predicted octanol–water partition coefficient (Wildman–Crippen LogP) is 1.83. The van der Waals surface area contributed by atoms with Crippen molar-refractivity contribution in [3.63, 3.8) is 0 Å². The lowest BCUT2D eigenvalue weighted by Gasteiger charge is -2.36. The fourth-order valence-corrected chi connectivity index (χ4v) is 2.35. The van der Waals surface area contributed by atoms with Gasteiger partial charge >= 0.3 is 0 Å². The van der Waals surface area contributed by atoms with Crippen molar-refractivity contribution >= 4 is 11.8 Å². The Morgan fingerprint density at radius 1 is 1.39 bits per heavy atom. The molecule has 1 aromatic heterocycles. The number of nitrogens with zero attached hydrogens (tertiary/aromatic N) is 3. The summed E-state index contributed by atoms with van der Waals surface area (Å²) in [4.78, 5) is 11.2. The molecule has 0 bridgehead atoms. The maximum Gasteiger partial charge on any atom is 0.224 e. The molecule has 2 unspecified atom stereocenters. The van der Waals surface area contributed by atoms with E-state index in [1.807, 2.05) is 13.1 Å². The zero-order valence-electron chi connectivity index (χ0n) is 11.6. The number of ether oxygens (including phenoxy) is 1. The molecule has 1 saturated heterocycles. The van der Waals surface area contributed by atoms with E-state index in [0.717, 1.165) is 31.0 Å². The minimum Gasteiger partial charge on any atom is -0.372 e. The Balaban J connectivity index is 2.22. The molecule has 0 spiro atoms. The lowest BCUT2D eigenvalue weighted by Crippen LogP contribution is -2.46. The van der Waals surface area contributed by atoms with E-state index in [0.29, 0.717) is 5.95 Å². The van der Waals surface area contributed by atoms with Gasteiger partial charge in [-0.25, -0.2) is 4.98 Å². The number of nitrogens with one attached hydrogen (secondary N) is 1. The van der Waals surface area contributed by atoms with E-state index in [4.69, 9.17) is 4.74 Å². The molecule has 5 nitrogen and oxygen atoms in total. The monoisotopic (exact) mass is 250 g/mol. The second-order valence-corrected chi connectivity index (χ2v) is 4.89. The molecule has 0 amide bonds. The highest BCUT2D eigenvalue weighted by molar-refractivity contribution is 5.49. The van der Waals surface area contributed by atoms with E-state index in [1.165, 1.54) is 0 Å². The fourth-order valence-electron chi connectivity index (χ4n) is 2.35. The smallest absolute Gasteiger partial charge is 0.224 e. The molecule has 0 saturated carbocycles. The van der Waals surface area contributed by atoms with Gasteiger partial charge in [-0.15, -0.1) is 0 Å². The lowest BCUT2D eigenvalue weighted by molar-refractivity contribution is -0.00549. The zero-order chi connectivity index (χ0) is 13.1. The third-order valence-electron chi connectivity index (χ3n) is 3.00. The summed E-state index contributed by atoms with van der Waals surface area (Å²) in [5.74, 6) is 1.72. The van der Waals surface area contributed by atoms with Crippen LogP contribution in [0.15, 0.2) is 6.20 Å². The number of anilines is 2. The Morgan fingerprint density at radius 3 is 2.67 bits per heavy atom. The van der Waals surface area contributed by atoms with Crippen LogP contribution in [0.2, 0.25) is 0 Å². The molecule has 1 aliphatic heterocycles. The SMILES string of the molecule is CCNc1ncc(C)c(N2CC(C)OC(C)C2)n1. The van der Waals surface area contributed by atoms with Crippen LogP contribution in [-0.2, 0) is 4.74 Å². The quantitative estimate of drug-likeness (QED) is 0.887. The average molecular weight is 250 g/mol. The summed E-state index contributed by atoms with van der Waals surface area (Å²) in [5, 5.41) is 3.16. The summed E-state index contributed by atoms with van der Waals surface area (Å²) in [5.41, 5.74) is 1.11. The minimum atomic E-state index is 0.241. The molecular weight excluding hydrogens is 228 g/mol. The number of morpholine rings is 1. The molecule has 1 N–H and O–H groups in total. The van der Waals surface area contributed by atoms with Crippen LogP contribution in [0.4, 0.5) is 11.8 Å². The average Bonchev–Trinajstić information content (AvgIpc) is 2.30. The van der Waals surface area contributed by atoms with Crippen molar-refractivity contribution in [3.8, 4) is 0 Å². The number of aromatic nitrogens is 2. The van der Waals surface area contributed by atoms with Crippen LogP contribution < -0.4 is 10.2 Å². The van der Waals surface area contributed by atoms with Gasteiger partial charge in [0.2, 0.25) is 5.95 Å².